The number of aromatic nitrogens is 3. The molecule has 0 radical (unpaired) electrons. The van der Waals surface area contributed by atoms with Gasteiger partial charge in [-0.3, -0.25) is 19.2 Å². The number of carbonyl (C=O) groups excluding carboxylic acids is 5. The number of anilines is 1. The lowest BCUT2D eigenvalue weighted by Crippen LogP contribution is -2.45. The van der Waals surface area contributed by atoms with Crippen LogP contribution in [0.15, 0.2) is 48.5 Å². The molecular weight excluding hydrogens is 929 g/mol. The van der Waals surface area contributed by atoms with Crippen molar-refractivity contribution in [2.45, 2.75) is 91.3 Å². The van der Waals surface area contributed by atoms with Crippen molar-refractivity contribution in [3.63, 3.8) is 0 Å². The maximum atomic E-state index is 13.9. The van der Waals surface area contributed by atoms with Crippen molar-refractivity contribution in [2.24, 2.45) is 17.6 Å². The Kier molecular flexibility index (Phi) is 28.9. The molecule has 2 aromatic carbocycles. The number of nitrogens with two attached hydrogens (primary N) is 1. The van der Waals surface area contributed by atoms with Crippen LogP contribution in [0.4, 0.5) is 10.5 Å². The van der Waals surface area contributed by atoms with Gasteiger partial charge in [0.1, 0.15) is 11.5 Å². The fraction of sp³-hybridized carbons (Fsp3) is 0.635. The van der Waals surface area contributed by atoms with Crippen molar-refractivity contribution >= 4 is 35.1 Å². The Balaban J connectivity index is 1.05. The van der Waals surface area contributed by atoms with E-state index in [2.05, 4.69) is 26.3 Å². The number of primary amides is 1. The number of amides is 4. The topological polar surface area (TPSA) is 246 Å². The monoisotopic (exact) mass is 1010 g/mol. The zero-order valence-electron chi connectivity index (χ0n) is 43.0. The van der Waals surface area contributed by atoms with Gasteiger partial charge in [0.05, 0.1) is 123 Å². The normalized spacial score (nSPS) is 12.9. The van der Waals surface area contributed by atoms with Gasteiger partial charge in [-0.25, -0.2) is 9.48 Å². The number of hydrogen-bond acceptors (Lipinski definition) is 15. The molecular formula is C52H80N8O12. The number of benzene rings is 2. The van der Waals surface area contributed by atoms with E-state index < -0.39 is 12.1 Å². The van der Waals surface area contributed by atoms with E-state index in [0.717, 1.165) is 47.5 Å². The summed E-state index contributed by atoms with van der Waals surface area (Å²) >= 11 is 0. The van der Waals surface area contributed by atoms with Crippen molar-refractivity contribution in [1.29, 1.82) is 0 Å². The van der Waals surface area contributed by atoms with E-state index in [1.54, 1.807) is 4.90 Å². The molecule has 20 heteroatoms. The molecule has 2 heterocycles. The first-order valence-electron chi connectivity index (χ1n) is 25.5. The Morgan fingerprint density at radius 1 is 0.667 bits per heavy atom. The van der Waals surface area contributed by atoms with Gasteiger partial charge < -0.3 is 59.7 Å². The summed E-state index contributed by atoms with van der Waals surface area (Å²) in [5.74, 6) is -0.246. The molecule has 2 atom stereocenters. The SMILES string of the molecule is CNCCOCCOCCOCCn1nnc2c1-c1ccccc1CN(C(=O)CCCC(=O)CCOCCOCCOCCOCCC(=O)N[C@H](C(=O)C[C@H](C)CCCNC(N)=O)C(C)C)c1ccccc1-2. The zero-order chi connectivity index (χ0) is 51.8. The first-order valence-corrected chi connectivity index (χ1v) is 25.5. The van der Waals surface area contributed by atoms with Crippen molar-refractivity contribution in [3.8, 4) is 22.5 Å². The molecule has 0 spiro atoms. The van der Waals surface area contributed by atoms with Gasteiger partial charge in [-0.1, -0.05) is 68.4 Å². The van der Waals surface area contributed by atoms with Gasteiger partial charge in [0.2, 0.25) is 11.8 Å². The molecule has 4 amide bonds. The quantitative estimate of drug-likeness (QED) is 0.0573. The van der Waals surface area contributed by atoms with Gasteiger partial charge in [0, 0.05) is 56.3 Å². The number of urea groups is 1. The number of rotatable bonds is 40. The summed E-state index contributed by atoms with van der Waals surface area (Å²) in [6, 6.07) is 14.6. The summed E-state index contributed by atoms with van der Waals surface area (Å²) in [5.41, 5.74) is 10.1. The fourth-order valence-corrected chi connectivity index (χ4v) is 7.97. The zero-order valence-corrected chi connectivity index (χ0v) is 43.0. The van der Waals surface area contributed by atoms with E-state index in [1.165, 1.54) is 0 Å². The average molecular weight is 1010 g/mol. The largest absolute Gasteiger partial charge is 0.379 e. The lowest BCUT2D eigenvalue weighted by atomic mass is 9.91. The van der Waals surface area contributed by atoms with Crippen molar-refractivity contribution in [3.05, 3.63) is 54.1 Å². The van der Waals surface area contributed by atoms with Gasteiger partial charge in [-0.15, -0.1) is 5.10 Å². The van der Waals surface area contributed by atoms with Gasteiger partial charge in [-0.2, -0.15) is 0 Å². The highest BCUT2D eigenvalue weighted by Crippen LogP contribution is 2.41. The van der Waals surface area contributed by atoms with E-state index in [4.69, 9.17) is 38.9 Å². The third-order valence-electron chi connectivity index (χ3n) is 11.8. The first kappa shape index (κ1) is 59.4. The summed E-state index contributed by atoms with van der Waals surface area (Å²) in [7, 11) is 1.89. The van der Waals surface area contributed by atoms with Crippen LogP contribution in [-0.2, 0) is 65.4 Å². The number of carbonyl (C=O) groups is 5. The lowest BCUT2D eigenvalue weighted by molar-refractivity contribution is -0.130. The predicted molar refractivity (Wildman–Crippen MR) is 272 cm³/mol. The van der Waals surface area contributed by atoms with Crippen molar-refractivity contribution in [1.82, 2.24) is 30.9 Å². The van der Waals surface area contributed by atoms with Crippen LogP contribution in [-0.4, -0.2) is 163 Å². The van der Waals surface area contributed by atoms with Crippen molar-refractivity contribution < 1.29 is 57.1 Å². The molecule has 400 valence electrons. The molecule has 0 fully saturated rings. The molecule has 0 saturated heterocycles. The minimum absolute atomic E-state index is 0.0117. The second-order valence-corrected chi connectivity index (χ2v) is 17.9. The number of nitrogens with one attached hydrogen (secondary N) is 3. The predicted octanol–water partition coefficient (Wildman–Crippen LogP) is 4.50. The third kappa shape index (κ3) is 22.3. The number of hydrogen-bond donors (Lipinski definition) is 4. The van der Waals surface area contributed by atoms with Gasteiger partial charge in [-0.05, 0) is 49.8 Å². The first-order chi connectivity index (χ1) is 35.0. The highest BCUT2D eigenvalue weighted by atomic mass is 16.6. The van der Waals surface area contributed by atoms with Gasteiger partial charge >= 0.3 is 6.03 Å². The van der Waals surface area contributed by atoms with Gasteiger partial charge in [0.25, 0.3) is 0 Å². The van der Waals surface area contributed by atoms with E-state index in [0.29, 0.717) is 117 Å². The number of ether oxygens (including phenoxy) is 7. The second kappa shape index (κ2) is 35.0. The number of likely N-dealkylation sites (N-methyl/N-ethyl adjacent to an activating group) is 1. The van der Waals surface area contributed by atoms with E-state index in [9.17, 15) is 24.0 Å². The van der Waals surface area contributed by atoms with Crippen molar-refractivity contribution in [2.75, 3.05) is 118 Å². The third-order valence-corrected chi connectivity index (χ3v) is 11.8. The van der Waals surface area contributed by atoms with E-state index >= 15 is 0 Å². The Morgan fingerprint density at radius 3 is 1.89 bits per heavy atom. The van der Waals surface area contributed by atoms with E-state index in [-0.39, 0.29) is 74.1 Å². The van der Waals surface area contributed by atoms with Crippen LogP contribution >= 0.6 is 0 Å². The Hall–Kier alpha value is -5.19. The molecule has 1 aromatic heterocycles. The molecule has 0 aliphatic carbocycles. The molecule has 0 bridgehead atoms. The van der Waals surface area contributed by atoms with Crippen LogP contribution < -0.4 is 26.6 Å². The standard InChI is InChI=1S/C52H80N8O12/c1-39(2)49(46(62)37-40(3)11-10-20-55-52(53)65)56-47(63)19-24-67-28-32-71-36-35-70-31-27-66-23-18-42(61)13-9-17-48(64)59-38-41-12-5-6-14-43(41)51-50(44-15-7-8-16-45(44)59)57-58-60(51)22-26-69-30-34-72-33-29-68-25-21-54-4/h5-8,12,14-16,39-40,49,54H,9-11,13,17-38H2,1-4H3,(H,56,63)(H3,53,55,65)/t40-,49+/m1/s1. The fourth-order valence-electron chi connectivity index (χ4n) is 7.97. The Bertz CT molecular complexity index is 2070. The molecule has 3 aromatic rings. The van der Waals surface area contributed by atoms with Crippen LogP contribution in [0.2, 0.25) is 0 Å². The smallest absolute Gasteiger partial charge is 0.312 e. The van der Waals surface area contributed by atoms with Crippen LogP contribution in [0.5, 0.6) is 0 Å². The maximum Gasteiger partial charge on any atom is 0.312 e. The van der Waals surface area contributed by atoms with Crippen LogP contribution in [0.3, 0.4) is 0 Å². The second-order valence-electron chi connectivity index (χ2n) is 17.9. The summed E-state index contributed by atoms with van der Waals surface area (Å²) in [5, 5.41) is 17.6. The summed E-state index contributed by atoms with van der Waals surface area (Å²) < 4.78 is 41.1. The lowest BCUT2D eigenvalue weighted by Gasteiger charge is -2.28. The van der Waals surface area contributed by atoms with Crippen LogP contribution in [0.25, 0.3) is 22.5 Å². The molecule has 0 saturated carbocycles. The Morgan fingerprint density at radius 2 is 1.25 bits per heavy atom. The maximum absolute atomic E-state index is 13.9. The molecule has 20 nitrogen and oxygen atoms in total. The van der Waals surface area contributed by atoms with Crippen LogP contribution in [0.1, 0.15) is 77.7 Å². The average Bonchev–Trinajstić information content (AvgIpc) is 3.77. The highest BCUT2D eigenvalue weighted by molar-refractivity contribution is 6.00. The number of fused-ring (bicyclic) bond motifs is 5. The molecule has 1 aliphatic heterocycles. The number of para-hydroxylation sites is 1. The molecule has 72 heavy (non-hydrogen) atoms. The number of nitrogens with zero attached hydrogens (tertiary/aromatic N) is 4. The van der Waals surface area contributed by atoms with E-state index in [1.807, 2.05) is 81.0 Å². The number of ketones is 2. The molecule has 4 rings (SSSR count). The van der Waals surface area contributed by atoms with Gasteiger partial charge in [0.15, 0.2) is 5.78 Å². The minimum Gasteiger partial charge on any atom is -0.379 e. The summed E-state index contributed by atoms with van der Waals surface area (Å²) in [6.07, 6.45) is 3.09. The molecule has 0 unspecified atom stereocenters. The Labute approximate surface area is 425 Å². The minimum atomic E-state index is -0.572. The summed E-state index contributed by atoms with van der Waals surface area (Å²) in [6.45, 7) is 13.4. The van der Waals surface area contributed by atoms with Crippen LogP contribution in [0, 0.1) is 11.8 Å². The molecule has 5 N–H and O–H groups in total. The number of Topliss-reactive ketones (excluding diaryl/α,β-unsaturated/α-hetero) is 2. The summed E-state index contributed by atoms with van der Waals surface area (Å²) in [4.78, 5) is 64.8. The molecule has 1 aliphatic rings. The highest BCUT2D eigenvalue weighted by Gasteiger charge is 2.29.